The van der Waals surface area contributed by atoms with Gasteiger partial charge in [-0.3, -0.25) is 4.79 Å². The van der Waals surface area contributed by atoms with Crippen LogP contribution in [0.4, 0.5) is 0 Å². The number of para-hydroxylation sites is 1. The fraction of sp³-hybridized carbons (Fsp3) is 0.591. The van der Waals surface area contributed by atoms with Gasteiger partial charge in [0.05, 0.1) is 11.6 Å². The third kappa shape index (κ3) is 4.94. The number of rotatable bonds is 10. The van der Waals surface area contributed by atoms with Crippen molar-refractivity contribution in [3.63, 3.8) is 0 Å². The van der Waals surface area contributed by atoms with Crippen LogP contribution >= 0.6 is 0 Å². The van der Waals surface area contributed by atoms with Crippen molar-refractivity contribution in [2.24, 2.45) is 0 Å². The number of unbranched alkanes of at least 4 members (excludes halogenated alkanes) is 5. The highest BCUT2D eigenvalue weighted by atomic mass is 16.5. The van der Waals surface area contributed by atoms with Gasteiger partial charge >= 0.3 is 0 Å². The molecule has 3 nitrogen and oxygen atoms in total. The summed E-state index contributed by atoms with van der Waals surface area (Å²) in [4.78, 5) is 12.8. The van der Waals surface area contributed by atoms with Crippen LogP contribution in [-0.4, -0.2) is 17.8 Å². The number of benzene rings is 1. The molecule has 1 aromatic heterocycles. The molecule has 138 valence electrons. The van der Waals surface area contributed by atoms with Gasteiger partial charge in [0.15, 0.2) is 5.43 Å². The third-order valence-corrected chi connectivity index (χ3v) is 5.15. The number of methoxy groups -OCH3 is 1. The van der Waals surface area contributed by atoms with Crippen LogP contribution in [0, 0.1) is 6.92 Å². The Hall–Kier alpha value is -1.61. The molecule has 1 heterocycles. The molecule has 0 aliphatic heterocycles. The lowest BCUT2D eigenvalue weighted by Crippen LogP contribution is -2.23. The first kappa shape index (κ1) is 19.7. The molecule has 2 aromatic rings. The first-order valence-electron chi connectivity index (χ1n) is 9.74. The van der Waals surface area contributed by atoms with Gasteiger partial charge in [-0.2, -0.15) is 0 Å². The van der Waals surface area contributed by atoms with Crippen LogP contribution in [0.1, 0.15) is 63.6 Å². The molecule has 25 heavy (non-hydrogen) atoms. The SMILES string of the molecule is CCCCCCCCc1c(C)c(=O)c2ccccc2n1C[C@@H](C)OC. The second-order valence-corrected chi connectivity index (χ2v) is 7.09. The van der Waals surface area contributed by atoms with E-state index in [9.17, 15) is 4.79 Å². The van der Waals surface area contributed by atoms with E-state index in [1.807, 2.05) is 25.1 Å². The molecule has 0 spiro atoms. The second kappa shape index (κ2) is 9.76. The number of ether oxygens (including phenoxy) is 1. The summed E-state index contributed by atoms with van der Waals surface area (Å²) in [5.74, 6) is 0. The Balaban J connectivity index is 2.31. The molecule has 1 atom stereocenters. The molecule has 0 amide bonds. The monoisotopic (exact) mass is 343 g/mol. The number of hydrogen-bond acceptors (Lipinski definition) is 2. The molecular formula is C22H33NO2. The predicted molar refractivity (Wildman–Crippen MR) is 106 cm³/mol. The molecule has 3 heteroatoms. The molecule has 0 saturated carbocycles. The van der Waals surface area contributed by atoms with Gasteiger partial charge in [-0.15, -0.1) is 0 Å². The molecule has 0 N–H and O–H groups in total. The standard InChI is InChI=1S/C22H33NO2/c1-5-6-7-8-9-10-14-20-18(3)22(24)19-13-11-12-15-21(19)23(20)16-17(2)25-4/h11-13,15,17H,5-10,14,16H2,1-4H3/t17-/m1/s1. The topological polar surface area (TPSA) is 31.2 Å². The fourth-order valence-corrected chi connectivity index (χ4v) is 3.52. The second-order valence-electron chi connectivity index (χ2n) is 7.09. The van der Waals surface area contributed by atoms with Crippen LogP contribution in [0.5, 0.6) is 0 Å². The first-order chi connectivity index (χ1) is 12.1. The van der Waals surface area contributed by atoms with Gasteiger partial charge in [-0.25, -0.2) is 0 Å². The third-order valence-electron chi connectivity index (χ3n) is 5.15. The van der Waals surface area contributed by atoms with Crippen molar-refractivity contribution < 1.29 is 4.74 Å². The maximum Gasteiger partial charge on any atom is 0.192 e. The van der Waals surface area contributed by atoms with Crippen molar-refractivity contribution in [1.29, 1.82) is 0 Å². The van der Waals surface area contributed by atoms with Gasteiger partial charge in [-0.05, 0) is 38.8 Å². The number of fused-ring (bicyclic) bond motifs is 1. The molecule has 0 aliphatic carbocycles. The van der Waals surface area contributed by atoms with Crippen LogP contribution in [0.2, 0.25) is 0 Å². The van der Waals surface area contributed by atoms with Crippen LogP contribution < -0.4 is 5.43 Å². The lowest BCUT2D eigenvalue weighted by atomic mass is 10.0. The number of aromatic nitrogens is 1. The van der Waals surface area contributed by atoms with E-state index in [1.54, 1.807) is 7.11 Å². The summed E-state index contributed by atoms with van der Waals surface area (Å²) >= 11 is 0. The molecule has 2 rings (SSSR count). The van der Waals surface area contributed by atoms with E-state index in [-0.39, 0.29) is 11.5 Å². The molecule has 0 saturated heterocycles. The van der Waals surface area contributed by atoms with Crippen LogP contribution in [0.15, 0.2) is 29.1 Å². The minimum atomic E-state index is 0.119. The molecule has 0 fully saturated rings. The van der Waals surface area contributed by atoms with Gasteiger partial charge < -0.3 is 9.30 Å². The molecule has 1 aromatic carbocycles. The van der Waals surface area contributed by atoms with Gasteiger partial charge in [0.25, 0.3) is 0 Å². The molecule has 0 unspecified atom stereocenters. The Morgan fingerprint density at radius 2 is 1.76 bits per heavy atom. The highest BCUT2D eigenvalue weighted by Gasteiger charge is 2.15. The minimum Gasteiger partial charge on any atom is -0.380 e. The van der Waals surface area contributed by atoms with Gasteiger partial charge in [0.1, 0.15) is 0 Å². The molecule has 0 bridgehead atoms. The number of hydrogen-bond donors (Lipinski definition) is 0. The summed E-state index contributed by atoms with van der Waals surface area (Å²) in [6.07, 6.45) is 8.68. The lowest BCUT2D eigenvalue weighted by molar-refractivity contribution is 0.103. The Kier molecular flexibility index (Phi) is 7.70. The van der Waals surface area contributed by atoms with Crippen molar-refractivity contribution in [2.45, 2.75) is 78.4 Å². The maximum absolute atomic E-state index is 12.8. The van der Waals surface area contributed by atoms with E-state index in [4.69, 9.17) is 4.74 Å². The quantitative estimate of drug-likeness (QED) is 0.552. The summed E-state index contributed by atoms with van der Waals surface area (Å²) in [6, 6.07) is 7.96. The summed E-state index contributed by atoms with van der Waals surface area (Å²) < 4.78 is 7.81. The smallest absolute Gasteiger partial charge is 0.192 e. The normalized spacial score (nSPS) is 12.6. The van der Waals surface area contributed by atoms with E-state index in [0.717, 1.165) is 35.9 Å². The minimum absolute atomic E-state index is 0.119. The summed E-state index contributed by atoms with van der Waals surface area (Å²) in [6.45, 7) is 7.09. The Morgan fingerprint density at radius 3 is 2.48 bits per heavy atom. The fourth-order valence-electron chi connectivity index (χ4n) is 3.52. The van der Waals surface area contributed by atoms with E-state index in [1.165, 1.54) is 37.8 Å². The van der Waals surface area contributed by atoms with E-state index in [2.05, 4.69) is 24.5 Å². The predicted octanol–water partition coefficient (Wildman–Crippen LogP) is 5.25. The molecule has 0 radical (unpaired) electrons. The van der Waals surface area contributed by atoms with E-state index < -0.39 is 0 Å². The van der Waals surface area contributed by atoms with Crippen molar-refractivity contribution >= 4 is 10.9 Å². The van der Waals surface area contributed by atoms with E-state index >= 15 is 0 Å². The molecular weight excluding hydrogens is 310 g/mol. The van der Waals surface area contributed by atoms with Crippen LogP contribution in [0.25, 0.3) is 10.9 Å². The zero-order valence-corrected chi connectivity index (χ0v) is 16.3. The first-order valence-corrected chi connectivity index (χ1v) is 9.74. The average Bonchev–Trinajstić information content (AvgIpc) is 2.64. The van der Waals surface area contributed by atoms with Gasteiger partial charge in [-0.1, -0.05) is 51.2 Å². The number of nitrogens with zero attached hydrogens (tertiary/aromatic N) is 1. The largest absolute Gasteiger partial charge is 0.380 e. The van der Waals surface area contributed by atoms with Crippen molar-refractivity contribution in [3.8, 4) is 0 Å². The summed E-state index contributed by atoms with van der Waals surface area (Å²) in [5.41, 5.74) is 3.29. The number of pyridine rings is 1. The highest BCUT2D eigenvalue weighted by molar-refractivity contribution is 5.80. The summed E-state index contributed by atoms with van der Waals surface area (Å²) in [5, 5.41) is 0.815. The summed E-state index contributed by atoms with van der Waals surface area (Å²) in [7, 11) is 1.75. The van der Waals surface area contributed by atoms with Crippen molar-refractivity contribution in [1.82, 2.24) is 4.57 Å². The van der Waals surface area contributed by atoms with Crippen LogP contribution in [0.3, 0.4) is 0 Å². The van der Waals surface area contributed by atoms with Gasteiger partial charge in [0.2, 0.25) is 0 Å². The zero-order valence-electron chi connectivity index (χ0n) is 16.3. The van der Waals surface area contributed by atoms with Crippen LogP contribution in [-0.2, 0) is 17.7 Å². The Morgan fingerprint density at radius 1 is 1.08 bits per heavy atom. The Labute approximate surface area is 152 Å². The van der Waals surface area contributed by atoms with E-state index in [0.29, 0.717) is 0 Å². The van der Waals surface area contributed by atoms with Gasteiger partial charge in [0, 0.05) is 30.3 Å². The zero-order chi connectivity index (χ0) is 18.2. The lowest BCUT2D eigenvalue weighted by Gasteiger charge is -2.22. The average molecular weight is 344 g/mol. The highest BCUT2D eigenvalue weighted by Crippen LogP contribution is 2.20. The van der Waals surface area contributed by atoms with Crippen molar-refractivity contribution in [3.05, 3.63) is 45.7 Å². The Bertz CT molecular complexity index is 733. The maximum atomic E-state index is 12.8. The van der Waals surface area contributed by atoms with Crippen molar-refractivity contribution in [2.75, 3.05) is 7.11 Å². The molecule has 0 aliphatic rings.